The molecule has 0 aliphatic heterocycles. The van der Waals surface area contributed by atoms with E-state index in [1.165, 1.54) is 141 Å². The van der Waals surface area contributed by atoms with E-state index in [4.69, 9.17) is 9.05 Å². The molecule has 0 saturated heterocycles. The Labute approximate surface area is 408 Å². The Morgan fingerprint density at radius 3 is 1.06 bits per heavy atom. The van der Waals surface area contributed by atoms with Crippen LogP contribution in [0.5, 0.6) is 0 Å². The first-order chi connectivity index (χ1) is 32.2. The van der Waals surface area contributed by atoms with Gasteiger partial charge in [-0.15, -0.1) is 0 Å². The van der Waals surface area contributed by atoms with Crippen molar-refractivity contribution in [3.8, 4) is 0 Å². The van der Waals surface area contributed by atoms with Gasteiger partial charge in [0.05, 0.1) is 13.2 Å². The standard InChI is InChI=1S/C57H107O8P/c1-4-7-10-13-16-19-22-25-28-31-34-37-40-43-46-49-55(60)54(48-45-42-39-36-33-30-27-24-21-18-15-12-9-6-3)57(65-66(62,63)64-52-53(59)51-58)56(61)50-47-44-41-38-35-32-29-26-23-20-17-14-11-8-5-2/h25-26,28-29,53,58-59H,4-24,27,30-52H2,1-3H3,(H,62,63)/b28-25-,29-26-,57-54?/t53-/m1/s1. The van der Waals surface area contributed by atoms with Gasteiger partial charge in [-0.05, 0) is 77.0 Å². The molecule has 9 heteroatoms. The van der Waals surface area contributed by atoms with Crippen LogP contribution in [0.4, 0.5) is 0 Å². The van der Waals surface area contributed by atoms with Gasteiger partial charge in [-0.25, -0.2) is 4.57 Å². The van der Waals surface area contributed by atoms with Crippen molar-refractivity contribution in [3.05, 3.63) is 35.6 Å². The third-order valence-corrected chi connectivity index (χ3v) is 13.7. The normalized spacial score (nSPS) is 13.7. The van der Waals surface area contributed by atoms with Crippen molar-refractivity contribution in [2.45, 2.75) is 303 Å². The van der Waals surface area contributed by atoms with Gasteiger partial charge in [0.1, 0.15) is 6.10 Å². The van der Waals surface area contributed by atoms with Gasteiger partial charge in [0.25, 0.3) is 0 Å². The summed E-state index contributed by atoms with van der Waals surface area (Å²) in [7, 11) is -4.89. The van der Waals surface area contributed by atoms with Crippen LogP contribution in [0.15, 0.2) is 35.6 Å². The molecule has 0 spiro atoms. The highest BCUT2D eigenvalue weighted by molar-refractivity contribution is 7.47. The van der Waals surface area contributed by atoms with Crippen LogP contribution in [0.2, 0.25) is 0 Å². The average molecular weight is 951 g/mol. The van der Waals surface area contributed by atoms with Gasteiger partial charge in [0.2, 0.25) is 0 Å². The van der Waals surface area contributed by atoms with Crippen LogP contribution in [-0.4, -0.2) is 46.0 Å². The van der Waals surface area contributed by atoms with E-state index in [0.29, 0.717) is 25.7 Å². The number of rotatable bonds is 53. The Morgan fingerprint density at radius 2 is 0.727 bits per heavy atom. The number of aliphatic hydroxyl groups excluding tert-OH is 2. The summed E-state index contributed by atoms with van der Waals surface area (Å²) < 4.78 is 23.8. The van der Waals surface area contributed by atoms with Crippen molar-refractivity contribution >= 4 is 19.4 Å². The maximum Gasteiger partial charge on any atom is 0.527 e. The summed E-state index contributed by atoms with van der Waals surface area (Å²) in [4.78, 5) is 38.7. The highest BCUT2D eigenvalue weighted by Gasteiger charge is 2.32. The molecule has 0 aliphatic rings. The van der Waals surface area contributed by atoms with Crippen LogP contribution in [0.1, 0.15) is 297 Å². The van der Waals surface area contributed by atoms with Crippen LogP contribution in [-0.2, 0) is 23.2 Å². The summed E-state index contributed by atoms with van der Waals surface area (Å²) in [6.07, 6.45) is 55.0. The molecule has 0 aliphatic carbocycles. The molecule has 3 N–H and O–H groups in total. The number of Topliss-reactive ketones (excluding diaryl/α,β-unsaturated/α-hetero) is 2. The maximum absolute atomic E-state index is 14.0. The van der Waals surface area contributed by atoms with Crippen LogP contribution >= 0.6 is 7.82 Å². The predicted octanol–water partition coefficient (Wildman–Crippen LogP) is 17.8. The van der Waals surface area contributed by atoms with Crippen molar-refractivity contribution in [2.24, 2.45) is 0 Å². The van der Waals surface area contributed by atoms with Crippen LogP contribution in [0.3, 0.4) is 0 Å². The molecule has 0 fully saturated rings. The summed E-state index contributed by atoms with van der Waals surface area (Å²) in [5, 5.41) is 19.1. The second kappa shape index (κ2) is 49.8. The van der Waals surface area contributed by atoms with E-state index in [9.17, 15) is 29.3 Å². The van der Waals surface area contributed by atoms with E-state index in [1.807, 2.05) is 0 Å². The lowest BCUT2D eigenvalue weighted by atomic mass is 9.95. The van der Waals surface area contributed by atoms with E-state index < -0.39 is 32.9 Å². The first-order valence-corrected chi connectivity index (χ1v) is 29.8. The molecule has 1 unspecified atom stereocenters. The van der Waals surface area contributed by atoms with Gasteiger partial charge in [-0.2, -0.15) is 0 Å². The third-order valence-electron chi connectivity index (χ3n) is 12.8. The minimum atomic E-state index is -4.89. The second-order valence-corrected chi connectivity index (χ2v) is 20.7. The zero-order valence-electron chi connectivity index (χ0n) is 43.5. The summed E-state index contributed by atoms with van der Waals surface area (Å²) in [6.45, 7) is 5.46. The Morgan fingerprint density at radius 1 is 0.439 bits per heavy atom. The van der Waals surface area contributed by atoms with Crippen molar-refractivity contribution in [2.75, 3.05) is 13.2 Å². The molecule has 0 amide bonds. The first-order valence-electron chi connectivity index (χ1n) is 28.3. The molecule has 0 aromatic carbocycles. The van der Waals surface area contributed by atoms with Gasteiger partial charge < -0.3 is 14.7 Å². The predicted molar refractivity (Wildman–Crippen MR) is 281 cm³/mol. The minimum absolute atomic E-state index is 0.107. The lowest BCUT2D eigenvalue weighted by Gasteiger charge is -2.19. The third kappa shape index (κ3) is 43.7. The average Bonchev–Trinajstić information content (AvgIpc) is 3.31. The fourth-order valence-electron chi connectivity index (χ4n) is 8.50. The number of hydrogen-bond donors (Lipinski definition) is 3. The Bertz CT molecular complexity index is 1230. The zero-order valence-corrected chi connectivity index (χ0v) is 44.4. The highest BCUT2D eigenvalue weighted by Crippen LogP contribution is 2.47. The van der Waals surface area contributed by atoms with Crippen LogP contribution < -0.4 is 0 Å². The van der Waals surface area contributed by atoms with Crippen molar-refractivity contribution < 1.29 is 38.3 Å². The topological polar surface area (TPSA) is 130 Å². The van der Waals surface area contributed by atoms with Gasteiger partial charge in [-0.1, -0.05) is 231 Å². The molecule has 2 atom stereocenters. The van der Waals surface area contributed by atoms with Crippen molar-refractivity contribution in [1.29, 1.82) is 0 Å². The van der Waals surface area contributed by atoms with E-state index in [1.54, 1.807) is 0 Å². The molecule has 0 radical (unpaired) electrons. The summed E-state index contributed by atoms with van der Waals surface area (Å²) in [5.74, 6) is -1.00. The Kier molecular flexibility index (Phi) is 48.7. The number of aliphatic hydroxyl groups is 2. The van der Waals surface area contributed by atoms with Gasteiger partial charge in [-0.3, -0.25) is 19.0 Å². The summed E-state index contributed by atoms with van der Waals surface area (Å²) in [6, 6.07) is 0. The molecule has 0 aromatic heterocycles. The number of carbonyl (C=O) groups is 2. The Hall–Kier alpha value is -1.57. The Balaban J connectivity index is 5.41. The lowest BCUT2D eigenvalue weighted by molar-refractivity contribution is -0.120. The largest absolute Gasteiger partial charge is 0.527 e. The second-order valence-electron chi connectivity index (χ2n) is 19.4. The quantitative estimate of drug-likeness (QED) is 0.0181. The molecule has 0 heterocycles. The van der Waals surface area contributed by atoms with Gasteiger partial charge >= 0.3 is 7.82 Å². The molecule has 0 aromatic rings. The SMILES string of the molecule is CCCCCCCC/C=C\CCCCCCCC(=O)C(CCCCCCCCCCCCCCCC)=C(OP(=O)(O)OC[C@H](O)CO)C(=O)CCCCCCC/C=C\CCCCCCCC. The molecule has 0 rings (SSSR count). The highest BCUT2D eigenvalue weighted by atomic mass is 31.2. The fraction of sp³-hybridized carbons (Fsp3) is 0.860. The number of phosphoric ester groups is 1. The number of phosphoric acid groups is 1. The smallest absolute Gasteiger partial charge is 0.400 e. The summed E-state index contributed by atoms with van der Waals surface area (Å²) in [5.41, 5.74) is 0.197. The molecule has 66 heavy (non-hydrogen) atoms. The molecule has 388 valence electrons. The number of allylic oxidation sites excluding steroid dienone is 6. The molecular formula is C57H107O8P. The fourth-order valence-corrected chi connectivity index (χ4v) is 9.36. The lowest BCUT2D eigenvalue weighted by Crippen LogP contribution is -2.20. The number of hydrogen-bond acceptors (Lipinski definition) is 7. The van der Waals surface area contributed by atoms with Crippen molar-refractivity contribution in [1.82, 2.24) is 0 Å². The van der Waals surface area contributed by atoms with Crippen LogP contribution in [0, 0.1) is 0 Å². The summed E-state index contributed by atoms with van der Waals surface area (Å²) >= 11 is 0. The van der Waals surface area contributed by atoms with Crippen LogP contribution in [0.25, 0.3) is 0 Å². The monoisotopic (exact) mass is 951 g/mol. The van der Waals surface area contributed by atoms with E-state index in [-0.39, 0.29) is 30.0 Å². The van der Waals surface area contributed by atoms with E-state index in [0.717, 1.165) is 96.3 Å². The molecule has 8 nitrogen and oxygen atoms in total. The minimum Gasteiger partial charge on any atom is -0.400 e. The van der Waals surface area contributed by atoms with Gasteiger partial charge in [0.15, 0.2) is 17.3 Å². The maximum atomic E-state index is 14.0. The van der Waals surface area contributed by atoms with Gasteiger partial charge in [0, 0.05) is 18.4 Å². The molecule has 0 bridgehead atoms. The zero-order chi connectivity index (χ0) is 48.4. The number of ketones is 2. The first kappa shape index (κ1) is 64.4. The van der Waals surface area contributed by atoms with Crippen molar-refractivity contribution in [3.63, 3.8) is 0 Å². The molecular weight excluding hydrogens is 844 g/mol. The van der Waals surface area contributed by atoms with E-state index in [2.05, 4.69) is 45.1 Å². The number of carbonyl (C=O) groups excluding carboxylic acids is 2. The number of unbranched alkanes of at least 4 members (excludes halogenated alkanes) is 35. The van der Waals surface area contributed by atoms with E-state index >= 15 is 0 Å². The molecule has 0 saturated carbocycles.